The van der Waals surface area contributed by atoms with Crippen molar-refractivity contribution in [1.29, 1.82) is 0 Å². The largest absolute Gasteiger partial charge is 0.429 e. The van der Waals surface area contributed by atoms with E-state index in [1.165, 1.54) is 6.20 Å². The number of carbonyl (C=O) groups is 1. The lowest BCUT2D eigenvalue weighted by Gasteiger charge is -2.09. The molecule has 0 aliphatic heterocycles. The number of amides is 1. The predicted octanol–water partition coefficient (Wildman–Crippen LogP) is 2.70. The van der Waals surface area contributed by atoms with Crippen LogP contribution in [0, 0.1) is 24.5 Å². The third-order valence-corrected chi connectivity index (χ3v) is 5.51. The van der Waals surface area contributed by atoms with Crippen molar-refractivity contribution >= 4 is 21.8 Å². The van der Waals surface area contributed by atoms with E-state index in [1.54, 1.807) is 6.92 Å². The van der Waals surface area contributed by atoms with Crippen molar-refractivity contribution in [1.82, 2.24) is 4.98 Å². The number of hydrogen-bond acceptors (Lipinski definition) is 5. The van der Waals surface area contributed by atoms with E-state index in [0.29, 0.717) is 5.76 Å². The highest BCUT2D eigenvalue weighted by atomic mass is 32.2. The molecule has 0 atom stereocenters. The van der Waals surface area contributed by atoms with Crippen molar-refractivity contribution in [2.45, 2.75) is 24.7 Å². The molecular weight excluding hydrogens is 342 g/mol. The smallest absolute Gasteiger partial charge is 0.301 e. The fourth-order valence-corrected chi connectivity index (χ4v) is 4.02. The van der Waals surface area contributed by atoms with Gasteiger partial charge in [0.25, 0.3) is 5.91 Å². The third kappa shape index (κ3) is 3.30. The molecule has 0 bridgehead atoms. The Kier molecular flexibility index (Phi) is 4.12. The van der Waals surface area contributed by atoms with Crippen molar-refractivity contribution in [2.75, 3.05) is 11.1 Å². The van der Waals surface area contributed by atoms with Crippen molar-refractivity contribution in [3.8, 4) is 0 Å². The zero-order valence-corrected chi connectivity index (χ0v) is 13.5. The number of sulfone groups is 1. The van der Waals surface area contributed by atoms with Crippen LogP contribution in [0.25, 0.3) is 0 Å². The van der Waals surface area contributed by atoms with Crippen LogP contribution >= 0.6 is 0 Å². The number of rotatable bonds is 5. The number of benzene rings is 1. The molecular formula is C15H14F2N2O4S. The van der Waals surface area contributed by atoms with Crippen molar-refractivity contribution in [3.05, 3.63) is 41.3 Å². The Labute approximate surface area is 136 Å². The van der Waals surface area contributed by atoms with Crippen LogP contribution in [0.1, 0.15) is 29.0 Å². The zero-order valence-electron chi connectivity index (χ0n) is 12.7. The molecule has 1 saturated carbocycles. The minimum atomic E-state index is -3.93. The van der Waals surface area contributed by atoms with Crippen LogP contribution in [-0.4, -0.2) is 25.1 Å². The Hall–Kier alpha value is -2.29. The van der Waals surface area contributed by atoms with E-state index >= 15 is 0 Å². The molecule has 1 heterocycles. The maximum atomic E-state index is 14.5. The molecule has 0 spiro atoms. The van der Waals surface area contributed by atoms with Crippen LogP contribution in [0.15, 0.2) is 27.6 Å². The molecule has 1 amide bonds. The van der Waals surface area contributed by atoms with Crippen LogP contribution in [0.4, 0.5) is 14.8 Å². The normalized spacial score (nSPS) is 14.6. The molecule has 24 heavy (non-hydrogen) atoms. The summed E-state index contributed by atoms with van der Waals surface area (Å²) in [4.78, 5) is 15.1. The van der Waals surface area contributed by atoms with E-state index < -0.39 is 37.8 Å². The number of carbonyl (C=O) groups excluding carboxylic acids is 1. The van der Waals surface area contributed by atoms with Gasteiger partial charge >= 0.3 is 6.01 Å². The van der Waals surface area contributed by atoms with Gasteiger partial charge in [-0.05, 0) is 37.8 Å². The van der Waals surface area contributed by atoms with Gasteiger partial charge in [0.1, 0.15) is 22.0 Å². The molecule has 0 unspecified atom stereocenters. The van der Waals surface area contributed by atoms with Gasteiger partial charge < -0.3 is 4.42 Å². The first-order valence-electron chi connectivity index (χ1n) is 7.22. The second-order valence-corrected chi connectivity index (χ2v) is 7.69. The minimum absolute atomic E-state index is 0.00739. The first kappa shape index (κ1) is 16.6. The number of oxazole rings is 1. The second-order valence-electron chi connectivity index (χ2n) is 5.69. The van der Waals surface area contributed by atoms with Crippen molar-refractivity contribution < 1.29 is 26.4 Å². The molecule has 6 nitrogen and oxygen atoms in total. The first-order valence-corrected chi connectivity index (χ1v) is 8.87. The molecule has 2 aromatic rings. The Morgan fingerprint density at radius 2 is 2.08 bits per heavy atom. The second kappa shape index (κ2) is 5.97. The van der Waals surface area contributed by atoms with Gasteiger partial charge in [0.15, 0.2) is 15.7 Å². The predicted molar refractivity (Wildman–Crippen MR) is 80.3 cm³/mol. The van der Waals surface area contributed by atoms with E-state index in [9.17, 15) is 22.0 Å². The Balaban J connectivity index is 1.95. The molecule has 0 saturated heterocycles. The molecule has 1 aliphatic carbocycles. The van der Waals surface area contributed by atoms with Crippen LogP contribution in [0.5, 0.6) is 0 Å². The molecule has 3 rings (SSSR count). The standard InChI is InChI=1S/C15H14F2N2O4S/c1-8-6-18-15(23-8)19-14(20)12-10(16)4-5-11(13(12)17)24(21,22)7-9-2-3-9/h4-6,9H,2-3,7H2,1H3,(H,18,19,20). The van der Waals surface area contributed by atoms with E-state index in [4.69, 9.17) is 4.42 Å². The highest BCUT2D eigenvalue weighted by Gasteiger charge is 2.33. The summed E-state index contributed by atoms with van der Waals surface area (Å²) in [5, 5.41) is 2.10. The number of hydrogen-bond donors (Lipinski definition) is 1. The summed E-state index contributed by atoms with van der Waals surface area (Å²) in [7, 11) is -3.93. The van der Waals surface area contributed by atoms with Crippen molar-refractivity contribution in [3.63, 3.8) is 0 Å². The Bertz CT molecular complexity index is 904. The van der Waals surface area contributed by atoms with Gasteiger partial charge in [0.05, 0.1) is 11.9 Å². The average molecular weight is 356 g/mol. The SMILES string of the molecule is Cc1cnc(NC(=O)c2c(F)ccc(S(=O)(=O)CC3CC3)c2F)o1. The highest BCUT2D eigenvalue weighted by Crippen LogP contribution is 2.33. The van der Waals surface area contributed by atoms with Gasteiger partial charge in [-0.1, -0.05) is 0 Å². The zero-order chi connectivity index (χ0) is 17.5. The summed E-state index contributed by atoms with van der Waals surface area (Å²) in [5.41, 5.74) is -0.984. The molecule has 1 aromatic carbocycles. The van der Waals surface area contributed by atoms with Crippen LogP contribution < -0.4 is 5.32 Å². The summed E-state index contributed by atoms with van der Waals surface area (Å²) in [6, 6.07) is 1.37. The number of anilines is 1. The third-order valence-electron chi connectivity index (χ3n) is 3.61. The van der Waals surface area contributed by atoms with Gasteiger partial charge in [-0.25, -0.2) is 22.2 Å². The van der Waals surface area contributed by atoms with Gasteiger partial charge in [-0.2, -0.15) is 0 Å². The fourth-order valence-electron chi connectivity index (χ4n) is 2.24. The van der Waals surface area contributed by atoms with Crippen LogP contribution in [-0.2, 0) is 9.84 Å². The quantitative estimate of drug-likeness (QED) is 0.832. The van der Waals surface area contributed by atoms with E-state index in [1.807, 2.05) is 0 Å². The fraction of sp³-hybridized carbons (Fsp3) is 0.333. The number of aryl methyl sites for hydroxylation is 1. The van der Waals surface area contributed by atoms with Crippen LogP contribution in [0.3, 0.4) is 0 Å². The van der Waals surface area contributed by atoms with E-state index in [0.717, 1.165) is 25.0 Å². The summed E-state index contributed by atoms with van der Waals surface area (Å²) < 4.78 is 57.9. The summed E-state index contributed by atoms with van der Waals surface area (Å²) >= 11 is 0. The maximum Gasteiger partial charge on any atom is 0.301 e. The van der Waals surface area contributed by atoms with Gasteiger partial charge in [0, 0.05) is 0 Å². The molecule has 128 valence electrons. The summed E-state index contributed by atoms with van der Waals surface area (Å²) in [5.74, 6) is -3.57. The molecule has 1 fully saturated rings. The summed E-state index contributed by atoms with van der Waals surface area (Å²) in [6.07, 6.45) is 2.84. The molecule has 1 aliphatic rings. The lowest BCUT2D eigenvalue weighted by molar-refractivity contribution is 0.101. The minimum Gasteiger partial charge on any atom is -0.429 e. The highest BCUT2D eigenvalue weighted by molar-refractivity contribution is 7.91. The van der Waals surface area contributed by atoms with E-state index in [-0.39, 0.29) is 17.7 Å². The van der Waals surface area contributed by atoms with Gasteiger partial charge in [-0.15, -0.1) is 0 Å². The van der Waals surface area contributed by atoms with Gasteiger partial charge in [-0.3, -0.25) is 10.1 Å². The topological polar surface area (TPSA) is 89.3 Å². The first-order chi connectivity index (χ1) is 11.3. The molecule has 9 heteroatoms. The number of nitrogens with zero attached hydrogens (tertiary/aromatic N) is 1. The lowest BCUT2D eigenvalue weighted by Crippen LogP contribution is -2.19. The monoisotopic (exact) mass is 356 g/mol. The molecule has 1 aromatic heterocycles. The average Bonchev–Trinajstić information content (AvgIpc) is 3.18. The van der Waals surface area contributed by atoms with Gasteiger partial charge in [0.2, 0.25) is 0 Å². The number of halogens is 2. The van der Waals surface area contributed by atoms with Crippen molar-refractivity contribution in [2.24, 2.45) is 5.92 Å². The molecule has 1 N–H and O–H groups in total. The van der Waals surface area contributed by atoms with Crippen LogP contribution in [0.2, 0.25) is 0 Å². The Morgan fingerprint density at radius 3 is 2.67 bits per heavy atom. The number of aromatic nitrogens is 1. The van der Waals surface area contributed by atoms with E-state index in [2.05, 4.69) is 10.3 Å². The lowest BCUT2D eigenvalue weighted by atomic mass is 10.2. The summed E-state index contributed by atoms with van der Waals surface area (Å²) in [6.45, 7) is 1.58. The molecule has 0 radical (unpaired) electrons. The Morgan fingerprint density at radius 1 is 1.38 bits per heavy atom. The maximum absolute atomic E-state index is 14.5. The number of nitrogens with one attached hydrogen (secondary N) is 1.